The lowest BCUT2D eigenvalue weighted by molar-refractivity contribution is -0.141. The van der Waals surface area contributed by atoms with Gasteiger partial charge in [0, 0.05) is 30.4 Å². The zero-order chi connectivity index (χ0) is 24.3. The van der Waals surface area contributed by atoms with Crippen LogP contribution in [0.4, 0.5) is 0 Å². The van der Waals surface area contributed by atoms with Crippen LogP contribution in [-0.2, 0) is 35.4 Å². The number of carbonyl (C=O) groups is 2. The third-order valence-electron chi connectivity index (χ3n) is 5.92. The standard InChI is InChI=1S/C29H33BrN2O2/c1-3-22-13-15-23(16-14-22)17-18-28(33)32(21-25-11-8-12-26(30)19-25)27(29(34)31-4-2)20-24-9-6-5-7-10-24/h5-16,19,27H,3-4,17-18,20-21H2,1-2H3,(H,31,34). The van der Waals surface area contributed by atoms with Crippen molar-refractivity contribution in [3.63, 3.8) is 0 Å². The number of hydrogen-bond acceptors (Lipinski definition) is 2. The molecular weight excluding hydrogens is 488 g/mol. The second kappa shape index (κ2) is 13.1. The molecule has 3 rings (SSSR count). The topological polar surface area (TPSA) is 49.4 Å². The summed E-state index contributed by atoms with van der Waals surface area (Å²) in [6, 6.07) is 25.6. The van der Waals surface area contributed by atoms with Gasteiger partial charge in [-0.25, -0.2) is 0 Å². The molecule has 0 aliphatic heterocycles. The summed E-state index contributed by atoms with van der Waals surface area (Å²) in [5.41, 5.74) is 4.43. The number of aryl methyl sites for hydroxylation is 2. The summed E-state index contributed by atoms with van der Waals surface area (Å²) in [6.07, 6.45) is 2.46. The summed E-state index contributed by atoms with van der Waals surface area (Å²) < 4.78 is 0.950. The van der Waals surface area contributed by atoms with E-state index in [-0.39, 0.29) is 11.8 Å². The zero-order valence-corrected chi connectivity index (χ0v) is 21.6. The van der Waals surface area contributed by atoms with Crippen molar-refractivity contribution >= 4 is 27.7 Å². The molecule has 0 fully saturated rings. The number of carbonyl (C=O) groups excluding carboxylic acids is 2. The molecule has 5 heteroatoms. The minimum atomic E-state index is -0.587. The van der Waals surface area contributed by atoms with Gasteiger partial charge in [-0.3, -0.25) is 9.59 Å². The Bertz CT molecular complexity index is 1070. The van der Waals surface area contributed by atoms with Gasteiger partial charge >= 0.3 is 0 Å². The van der Waals surface area contributed by atoms with E-state index in [1.807, 2.05) is 61.5 Å². The van der Waals surface area contributed by atoms with Gasteiger partial charge in [-0.1, -0.05) is 89.6 Å². The molecule has 1 atom stereocenters. The van der Waals surface area contributed by atoms with Crippen LogP contribution < -0.4 is 5.32 Å². The number of amides is 2. The Morgan fingerprint density at radius 2 is 1.53 bits per heavy atom. The van der Waals surface area contributed by atoms with E-state index < -0.39 is 6.04 Å². The van der Waals surface area contributed by atoms with Crippen molar-refractivity contribution in [3.8, 4) is 0 Å². The molecule has 0 aliphatic carbocycles. The van der Waals surface area contributed by atoms with Crippen LogP contribution >= 0.6 is 15.9 Å². The normalized spacial score (nSPS) is 11.6. The number of hydrogen-bond donors (Lipinski definition) is 1. The summed E-state index contributed by atoms with van der Waals surface area (Å²) in [7, 11) is 0. The smallest absolute Gasteiger partial charge is 0.243 e. The minimum absolute atomic E-state index is 0.0215. The van der Waals surface area contributed by atoms with Crippen molar-refractivity contribution in [3.05, 3.63) is 106 Å². The Kier molecular flexibility index (Phi) is 9.89. The number of nitrogens with zero attached hydrogens (tertiary/aromatic N) is 1. The maximum atomic E-state index is 13.6. The summed E-state index contributed by atoms with van der Waals surface area (Å²) in [4.78, 5) is 28.5. The first kappa shape index (κ1) is 25.7. The molecule has 0 aliphatic rings. The van der Waals surface area contributed by atoms with E-state index in [4.69, 9.17) is 0 Å². The van der Waals surface area contributed by atoms with Gasteiger partial charge in [0.2, 0.25) is 11.8 Å². The van der Waals surface area contributed by atoms with E-state index in [9.17, 15) is 9.59 Å². The lowest BCUT2D eigenvalue weighted by Crippen LogP contribution is -2.50. The number of nitrogens with one attached hydrogen (secondary N) is 1. The lowest BCUT2D eigenvalue weighted by Gasteiger charge is -2.31. The van der Waals surface area contributed by atoms with Crippen molar-refractivity contribution in [2.45, 2.75) is 52.1 Å². The number of rotatable bonds is 11. The molecule has 0 aromatic heterocycles. The quantitative estimate of drug-likeness (QED) is 0.351. The highest BCUT2D eigenvalue weighted by Gasteiger charge is 2.29. The van der Waals surface area contributed by atoms with E-state index in [1.165, 1.54) is 5.56 Å². The van der Waals surface area contributed by atoms with Crippen LogP contribution in [-0.4, -0.2) is 29.3 Å². The molecule has 0 bridgehead atoms. The van der Waals surface area contributed by atoms with Gasteiger partial charge in [0.05, 0.1) is 0 Å². The predicted octanol–water partition coefficient (Wildman–Crippen LogP) is 5.72. The van der Waals surface area contributed by atoms with Crippen molar-refractivity contribution in [2.75, 3.05) is 6.54 Å². The summed E-state index contributed by atoms with van der Waals surface area (Å²) in [5.74, 6) is -0.145. The maximum absolute atomic E-state index is 13.6. The molecule has 0 heterocycles. The molecule has 0 saturated heterocycles. The van der Waals surface area contributed by atoms with Crippen LogP contribution in [0.3, 0.4) is 0 Å². The molecular formula is C29H33BrN2O2. The highest BCUT2D eigenvalue weighted by atomic mass is 79.9. The largest absolute Gasteiger partial charge is 0.355 e. The Balaban J connectivity index is 1.86. The van der Waals surface area contributed by atoms with E-state index >= 15 is 0 Å². The van der Waals surface area contributed by atoms with Gasteiger partial charge in [0.15, 0.2) is 0 Å². The number of likely N-dealkylation sites (N-methyl/N-ethyl adjacent to an activating group) is 1. The molecule has 1 unspecified atom stereocenters. The van der Waals surface area contributed by atoms with Crippen LogP contribution in [0.15, 0.2) is 83.3 Å². The van der Waals surface area contributed by atoms with Crippen LogP contribution in [0, 0.1) is 0 Å². The second-order valence-corrected chi connectivity index (χ2v) is 9.34. The highest BCUT2D eigenvalue weighted by Crippen LogP contribution is 2.19. The molecule has 4 nitrogen and oxygen atoms in total. The Labute approximate surface area is 211 Å². The molecule has 0 spiro atoms. The van der Waals surface area contributed by atoms with E-state index in [1.54, 1.807) is 4.90 Å². The van der Waals surface area contributed by atoms with Gasteiger partial charge in [0.25, 0.3) is 0 Å². The third kappa shape index (κ3) is 7.56. The molecule has 178 valence electrons. The molecule has 34 heavy (non-hydrogen) atoms. The van der Waals surface area contributed by atoms with Crippen molar-refractivity contribution in [2.24, 2.45) is 0 Å². The van der Waals surface area contributed by atoms with Gasteiger partial charge < -0.3 is 10.2 Å². The van der Waals surface area contributed by atoms with E-state index in [2.05, 4.69) is 52.4 Å². The van der Waals surface area contributed by atoms with Gasteiger partial charge in [0.1, 0.15) is 6.04 Å². The minimum Gasteiger partial charge on any atom is -0.355 e. The number of benzene rings is 3. The molecule has 3 aromatic rings. The molecule has 1 N–H and O–H groups in total. The average molecular weight is 521 g/mol. The average Bonchev–Trinajstić information content (AvgIpc) is 2.85. The summed E-state index contributed by atoms with van der Waals surface area (Å²) >= 11 is 3.52. The van der Waals surface area contributed by atoms with E-state index in [0.29, 0.717) is 32.4 Å². The lowest BCUT2D eigenvalue weighted by atomic mass is 10.0. The molecule has 0 radical (unpaired) electrons. The fourth-order valence-corrected chi connectivity index (χ4v) is 4.46. The van der Waals surface area contributed by atoms with Crippen LogP contribution in [0.25, 0.3) is 0 Å². The molecule has 0 saturated carbocycles. The molecule has 2 amide bonds. The van der Waals surface area contributed by atoms with Crippen LogP contribution in [0.1, 0.15) is 42.5 Å². The highest BCUT2D eigenvalue weighted by molar-refractivity contribution is 9.10. The fourth-order valence-electron chi connectivity index (χ4n) is 4.01. The Morgan fingerprint density at radius 1 is 0.853 bits per heavy atom. The first-order valence-electron chi connectivity index (χ1n) is 11.9. The fraction of sp³-hybridized carbons (Fsp3) is 0.310. The van der Waals surface area contributed by atoms with Crippen LogP contribution in [0.2, 0.25) is 0 Å². The van der Waals surface area contributed by atoms with Crippen molar-refractivity contribution in [1.29, 1.82) is 0 Å². The number of halogens is 1. The van der Waals surface area contributed by atoms with Crippen LogP contribution in [0.5, 0.6) is 0 Å². The summed E-state index contributed by atoms with van der Waals surface area (Å²) in [6.45, 7) is 4.93. The maximum Gasteiger partial charge on any atom is 0.243 e. The predicted molar refractivity (Wildman–Crippen MR) is 141 cm³/mol. The Morgan fingerprint density at radius 3 is 2.18 bits per heavy atom. The first-order chi connectivity index (χ1) is 16.5. The zero-order valence-electron chi connectivity index (χ0n) is 20.0. The van der Waals surface area contributed by atoms with E-state index in [0.717, 1.165) is 27.6 Å². The SMILES string of the molecule is CCNC(=O)C(Cc1ccccc1)N(Cc1cccc(Br)c1)C(=O)CCc1ccc(CC)cc1. The van der Waals surface area contributed by atoms with Gasteiger partial charge in [-0.05, 0) is 54.2 Å². The first-order valence-corrected chi connectivity index (χ1v) is 12.7. The third-order valence-corrected chi connectivity index (χ3v) is 6.42. The Hall–Kier alpha value is -2.92. The summed E-state index contributed by atoms with van der Waals surface area (Å²) in [5, 5.41) is 2.94. The van der Waals surface area contributed by atoms with Crippen molar-refractivity contribution in [1.82, 2.24) is 10.2 Å². The molecule has 3 aromatic carbocycles. The second-order valence-electron chi connectivity index (χ2n) is 8.42. The monoisotopic (exact) mass is 520 g/mol. The van der Waals surface area contributed by atoms with Gasteiger partial charge in [-0.2, -0.15) is 0 Å². The van der Waals surface area contributed by atoms with Gasteiger partial charge in [-0.15, -0.1) is 0 Å². The van der Waals surface area contributed by atoms with Crippen molar-refractivity contribution < 1.29 is 9.59 Å².